The molecular formula is C18H15N5O2S. The van der Waals surface area contributed by atoms with Crippen LogP contribution in [-0.4, -0.2) is 24.5 Å². The first-order valence-corrected chi connectivity index (χ1v) is 9.44. The SMILES string of the molecule is N#Cc1ccc(NS(=O)(=O)NCC2c3ccccc3-c3cncn32)cc1. The van der Waals surface area contributed by atoms with E-state index in [2.05, 4.69) is 14.4 Å². The Kier molecular flexibility index (Phi) is 3.95. The van der Waals surface area contributed by atoms with Gasteiger partial charge in [0.2, 0.25) is 0 Å². The van der Waals surface area contributed by atoms with Crippen molar-refractivity contribution >= 4 is 15.9 Å². The summed E-state index contributed by atoms with van der Waals surface area (Å²) in [5, 5.41) is 8.80. The van der Waals surface area contributed by atoms with Crippen LogP contribution in [0.2, 0.25) is 0 Å². The maximum atomic E-state index is 12.4. The van der Waals surface area contributed by atoms with Crippen LogP contribution in [0.1, 0.15) is 17.2 Å². The fourth-order valence-corrected chi connectivity index (χ4v) is 4.03. The van der Waals surface area contributed by atoms with Gasteiger partial charge in [-0.25, -0.2) is 4.98 Å². The molecule has 130 valence electrons. The van der Waals surface area contributed by atoms with Gasteiger partial charge in [0.05, 0.1) is 35.9 Å². The predicted octanol–water partition coefficient (Wildman–Crippen LogP) is 2.27. The average Bonchev–Trinajstić information content (AvgIpc) is 3.22. The lowest BCUT2D eigenvalue weighted by atomic mass is 10.0. The minimum Gasteiger partial charge on any atom is -0.322 e. The molecule has 1 aromatic heterocycles. The van der Waals surface area contributed by atoms with E-state index in [0.29, 0.717) is 11.3 Å². The van der Waals surface area contributed by atoms with E-state index in [4.69, 9.17) is 5.26 Å². The molecule has 0 amide bonds. The van der Waals surface area contributed by atoms with Crippen LogP contribution in [-0.2, 0) is 10.2 Å². The molecule has 8 heteroatoms. The van der Waals surface area contributed by atoms with E-state index < -0.39 is 10.2 Å². The molecule has 2 N–H and O–H groups in total. The summed E-state index contributed by atoms with van der Waals surface area (Å²) in [7, 11) is -3.75. The summed E-state index contributed by atoms with van der Waals surface area (Å²) in [4.78, 5) is 4.17. The van der Waals surface area contributed by atoms with Gasteiger partial charge in [0.1, 0.15) is 0 Å². The highest BCUT2D eigenvalue weighted by Gasteiger charge is 2.28. The minimum absolute atomic E-state index is 0.152. The summed E-state index contributed by atoms with van der Waals surface area (Å²) >= 11 is 0. The maximum Gasteiger partial charge on any atom is 0.299 e. The Balaban J connectivity index is 1.51. The number of nitrogens with zero attached hydrogens (tertiary/aromatic N) is 3. The van der Waals surface area contributed by atoms with E-state index >= 15 is 0 Å². The number of benzene rings is 2. The van der Waals surface area contributed by atoms with Gasteiger partial charge in [-0.05, 0) is 29.8 Å². The molecule has 1 aliphatic rings. The van der Waals surface area contributed by atoms with E-state index in [1.807, 2.05) is 34.9 Å². The number of nitriles is 1. The van der Waals surface area contributed by atoms with Crippen LogP contribution in [0.4, 0.5) is 5.69 Å². The summed E-state index contributed by atoms with van der Waals surface area (Å²) in [5.41, 5.74) is 3.97. The second kappa shape index (κ2) is 6.29. The van der Waals surface area contributed by atoms with Crippen molar-refractivity contribution in [3.63, 3.8) is 0 Å². The topological polar surface area (TPSA) is 99.8 Å². The zero-order valence-corrected chi connectivity index (χ0v) is 14.4. The zero-order chi connectivity index (χ0) is 18.1. The molecule has 0 fully saturated rings. The molecule has 0 aliphatic carbocycles. The van der Waals surface area contributed by atoms with Gasteiger partial charge in [-0.2, -0.15) is 18.4 Å². The normalized spacial score (nSPS) is 15.1. The average molecular weight is 365 g/mol. The predicted molar refractivity (Wildman–Crippen MR) is 97.5 cm³/mol. The highest BCUT2D eigenvalue weighted by Crippen LogP contribution is 2.38. The highest BCUT2D eigenvalue weighted by atomic mass is 32.2. The van der Waals surface area contributed by atoms with E-state index in [9.17, 15) is 8.42 Å². The molecule has 1 atom stereocenters. The van der Waals surface area contributed by atoms with Gasteiger partial charge >= 0.3 is 0 Å². The van der Waals surface area contributed by atoms with E-state index in [1.54, 1.807) is 36.8 Å². The third-order valence-electron chi connectivity index (χ3n) is 4.33. The number of nitrogens with one attached hydrogen (secondary N) is 2. The molecule has 0 saturated heterocycles. The Morgan fingerprint density at radius 2 is 1.92 bits per heavy atom. The number of aromatic nitrogens is 2. The monoisotopic (exact) mass is 365 g/mol. The lowest BCUT2D eigenvalue weighted by molar-refractivity contribution is 0.557. The Morgan fingerprint density at radius 1 is 1.15 bits per heavy atom. The molecule has 4 rings (SSSR count). The van der Waals surface area contributed by atoms with Crippen LogP contribution in [0.5, 0.6) is 0 Å². The third kappa shape index (κ3) is 2.94. The Labute approximate surface area is 151 Å². The van der Waals surface area contributed by atoms with Crippen LogP contribution in [0.3, 0.4) is 0 Å². The number of imidazole rings is 1. The summed E-state index contributed by atoms with van der Waals surface area (Å²) in [6.07, 6.45) is 3.49. The van der Waals surface area contributed by atoms with Crippen LogP contribution < -0.4 is 9.44 Å². The van der Waals surface area contributed by atoms with Gasteiger partial charge in [0, 0.05) is 17.8 Å². The van der Waals surface area contributed by atoms with Crippen molar-refractivity contribution in [2.24, 2.45) is 0 Å². The van der Waals surface area contributed by atoms with Crippen LogP contribution in [0.25, 0.3) is 11.3 Å². The first-order chi connectivity index (χ1) is 12.6. The molecule has 0 bridgehead atoms. The number of anilines is 1. The number of fused-ring (bicyclic) bond motifs is 3. The van der Waals surface area contributed by atoms with Crippen molar-refractivity contribution in [2.75, 3.05) is 11.3 Å². The van der Waals surface area contributed by atoms with Crippen molar-refractivity contribution in [3.05, 3.63) is 72.2 Å². The van der Waals surface area contributed by atoms with Crippen molar-refractivity contribution in [1.82, 2.24) is 14.3 Å². The quantitative estimate of drug-likeness (QED) is 0.724. The van der Waals surface area contributed by atoms with E-state index in [-0.39, 0.29) is 12.6 Å². The van der Waals surface area contributed by atoms with Gasteiger partial charge < -0.3 is 4.57 Å². The molecule has 3 aromatic rings. The first-order valence-electron chi connectivity index (χ1n) is 7.96. The molecule has 26 heavy (non-hydrogen) atoms. The first kappa shape index (κ1) is 16.3. The van der Waals surface area contributed by atoms with Gasteiger partial charge in [0.25, 0.3) is 10.2 Å². The maximum absolute atomic E-state index is 12.4. The van der Waals surface area contributed by atoms with Gasteiger partial charge in [-0.1, -0.05) is 24.3 Å². The molecule has 2 heterocycles. The molecule has 1 unspecified atom stereocenters. The second-order valence-electron chi connectivity index (χ2n) is 5.93. The molecule has 0 spiro atoms. The summed E-state index contributed by atoms with van der Waals surface area (Å²) in [6, 6.07) is 16.0. The van der Waals surface area contributed by atoms with Crippen LogP contribution in [0, 0.1) is 11.3 Å². The molecule has 0 radical (unpaired) electrons. The number of hydrogen-bond donors (Lipinski definition) is 2. The number of rotatable bonds is 5. The van der Waals surface area contributed by atoms with Gasteiger partial charge in [0.15, 0.2) is 0 Å². The van der Waals surface area contributed by atoms with Crippen molar-refractivity contribution in [1.29, 1.82) is 5.26 Å². The molecule has 7 nitrogen and oxygen atoms in total. The lowest BCUT2D eigenvalue weighted by Gasteiger charge is -2.16. The zero-order valence-electron chi connectivity index (χ0n) is 13.6. The minimum atomic E-state index is -3.75. The van der Waals surface area contributed by atoms with Gasteiger partial charge in [-0.3, -0.25) is 4.72 Å². The Morgan fingerprint density at radius 3 is 2.69 bits per heavy atom. The van der Waals surface area contributed by atoms with Gasteiger partial charge in [-0.15, -0.1) is 0 Å². The molecular weight excluding hydrogens is 350 g/mol. The summed E-state index contributed by atoms with van der Waals surface area (Å²) in [5.74, 6) is 0. The van der Waals surface area contributed by atoms with Crippen LogP contribution in [0.15, 0.2) is 61.1 Å². The van der Waals surface area contributed by atoms with Crippen molar-refractivity contribution < 1.29 is 8.42 Å². The largest absolute Gasteiger partial charge is 0.322 e. The number of hydrogen-bond acceptors (Lipinski definition) is 4. The smallest absolute Gasteiger partial charge is 0.299 e. The van der Waals surface area contributed by atoms with E-state index in [0.717, 1.165) is 16.8 Å². The molecule has 2 aromatic carbocycles. The fraction of sp³-hybridized carbons (Fsp3) is 0.111. The van der Waals surface area contributed by atoms with Crippen molar-refractivity contribution in [2.45, 2.75) is 6.04 Å². The second-order valence-corrected chi connectivity index (χ2v) is 7.43. The molecule has 1 aliphatic heterocycles. The highest BCUT2D eigenvalue weighted by molar-refractivity contribution is 7.90. The fourth-order valence-electron chi connectivity index (χ4n) is 3.13. The van der Waals surface area contributed by atoms with Crippen molar-refractivity contribution in [3.8, 4) is 17.3 Å². The Hall–Kier alpha value is -3.15. The lowest BCUT2D eigenvalue weighted by Crippen LogP contribution is -2.34. The molecule has 0 saturated carbocycles. The summed E-state index contributed by atoms with van der Waals surface area (Å²) < 4.78 is 31.7. The summed E-state index contributed by atoms with van der Waals surface area (Å²) in [6.45, 7) is 0.200. The standard InChI is InChI=1S/C18H15N5O2S/c19-9-13-5-7-14(8-6-13)22-26(24,25)21-11-18-16-4-2-1-3-15(16)17-10-20-12-23(17)18/h1-8,10,12,18,21-22H,11H2. The Bertz CT molecular complexity index is 1100. The third-order valence-corrected chi connectivity index (χ3v) is 5.38. The van der Waals surface area contributed by atoms with E-state index in [1.165, 1.54) is 0 Å². The van der Waals surface area contributed by atoms with Crippen LogP contribution >= 0.6 is 0 Å².